The number of rotatable bonds is 4. The standard InChI is InChI=1S/C18H9NO7/c20-8-11-6-5-10(7-12(11)9-21)15(18(24)25)26-19-16(22)13-3-1-2-4-14(13)17(19)23/h1-7,15H,(H,24,25)/t15-/m0/s1. The van der Waals surface area contributed by atoms with Gasteiger partial charge in [-0.2, -0.15) is 0 Å². The van der Waals surface area contributed by atoms with Gasteiger partial charge in [-0.15, -0.1) is 5.06 Å². The van der Waals surface area contributed by atoms with Crippen LogP contribution in [0.15, 0.2) is 42.5 Å². The van der Waals surface area contributed by atoms with Gasteiger partial charge in [0, 0.05) is 0 Å². The summed E-state index contributed by atoms with van der Waals surface area (Å²) < 4.78 is 0. The lowest BCUT2D eigenvalue weighted by atomic mass is 10.1. The van der Waals surface area contributed by atoms with E-state index in [0.717, 1.165) is 6.07 Å². The summed E-state index contributed by atoms with van der Waals surface area (Å²) in [7, 11) is 0. The molecule has 1 aliphatic rings. The number of hydroxylamine groups is 2. The number of carbonyl (C=O) groups excluding carboxylic acids is 4. The SMILES string of the molecule is O=C=c1ccc([C@H](ON2C(=O)c3ccccc3C2=O)C(=O)O)cc1=C=O. The van der Waals surface area contributed by atoms with Crippen molar-refractivity contribution in [2.75, 3.05) is 0 Å². The van der Waals surface area contributed by atoms with Gasteiger partial charge in [-0.1, -0.05) is 18.2 Å². The van der Waals surface area contributed by atoms with E-state index in [1.165, 1.54) is 36.1 Å². The van der Waals surface area contributed by atoms with Crippen LogP contribution < -0.4 is 10.4 Å². The molecule has 0 radical (unpaired) electrons. The molecule has 1 N–H and O–H groups in total. The lowest BCUT2D eigenvalue weighted by Gasteiger charge is -2.19. The second kappa shape index (κ2) is 6.58. The molecule has 128 valence electrons. The molecule has 2 aromatic carbocycles. The van der Waals surface area contributed by atoms with Gasteiger partial charge in [0.1, 0.15) is 11.9 Å². The molecule has 0 saturated carbocycles. The Morgan fingerprint density at radius 1 is 0.962 bits per heavy atom. The molecule has 0 aliphatic carbocycles. The van der Waals surface area contributed by atoms with Gasteiger partial charge in [0.05, 0.1) is 21.6 Å². The third kappa shape index (κ3) is 2.72. The molecule has 8 nitrogen and oxygen atoms in total. The zero-order valence-corrected chi connectivity index (χ0v) is 13.0. The molecule has 3 rings (SSSR count). The number of hydrogen-bond acceptors (Lipinski definition) is 6. The Kier molecular flexibility index (Phi) is 4.31. The van der Waals surface area contributed by atoms with Crippen LogP contribution in [0.5, 0.6) is 0 Å². The van der Waals surface area contributed by atoms with E-state index in [1.807, 2.05) is 0 Å². The molecule has 1 atom stereocenters. The van der Waals surface area contributed by atoms with E-state index < -0.39 is 23.9 Å². The largest absolute Gasteiger partial charge is 0.479 e. The summed E-state index contributed by atoms with van der Waals surface area (Å²) in [6.45, 7) is 0. The minimum absolute atomic E-state index is 0.0496. The molecular formula is C18H9NO7. The number of nitrogens with zero attached hydrogens (tertiary/aromatic N) is 1. The van der Waals surface area contributed by atoms with Crippen LogP contribution in [-0.2, 0) is 19.2 Å². The topological polar surface area (TPSA) is 118 Å². The highest BCUT2D eigenvalue weighted by atomic mass is 16.7. The summed E-state index contributed by atoms with van der Waals surface area (Å²) in [5.74, 6) is -0.0688. The Morgan fingerprint density at radius 2 is 1.54 bits per heavy atom. The number of carboxylic acid groups (broad SMARTS) is 1. The highest BCUT2D eigenvalue weighted by molar-refractivity contribution is 6.20. The van der Waals surface area contributed by atoms with Crippen molar-refractivity contribution in [1.29, 1.82) is 0 Å². The van der Waals surface area contributed by atoms with Crippen molar-refractivity contribution in [2.45, 2.75) is 6.10 Å². The van der Waals surface area contributed by atoms with Gasteiger partial charge in [-0.25, -0.2) is 19.2 Å². The molecular weight excluding hydrogens is 342 g/mol. The molecule has 2 amide bonds. The maximum atomic E-state index is 12.3. The molecule has 0 unspecified atom stereocenters. The Hall–Kier alpha value is -3.83. The summed E-state index contributed by atoms with van der Waals surface area (Å²) in [5, 5.41) is 9.47. The molecule has 0 bridgehead atoms. The van der Waals surface area contributed by atoms with E-state index in [0.29, 0.717) is 5.06 Å². The normalized spacial score (nSPS) is 13.8. The van der Waals surface area contributed by atoms with E-state index >= 15 is 0 Å². The summed E-state index contributed by atoms with van der Waals surface area (Å²) in [4.78, 5) is 63.0. The predicted molar refractivity (Wildman–Crippen MR) is 83.7 cm³/mol. The van der Waals surface area contributed by atoms with E-state index in [9.17, 15) is 29.1 Å². The van der Waals surface area contributed by atoms with Gasteiger partial charge in [-0.05, 0) is 29.8 Å². The van der Waals surface area contributed by atoms with Gasteiger partial charge >= 0.3 is 5.97 Å². The van der Waals surface area contributed by atoms with Crippen LogP contribution in [0.4, 0.5) is 0 Å². The number of carbonyl (C=O) groups is 3. The molecule has 0 aromatic heterocycles. The van der Waals surface area contributed by atoms with Crippen molar-refractivity contribution < 1.29 is 33.9 Å². The molecule has 0 fully saturated rings. The van der Waals surface area contributed by atoms with Gasteiger partial charge in [0.25, 0.3) is 11.8 Å². The fourth-order valence-corrected chi connectivity index (χ4v) is 2.52. The van der Waals surface area contributed by atoms with Crippen LogP contribution in [0.1, 0.15) is 32.4 Å². The molecule has 8 heteroatoms. The number of aliphatic carboxylic acids is 1. The highest BCUT2D eigenvalue weighted by Crippen LogP contribution is 2.27. The van der Waals surface area contributed by atoms with Crippen molar-refractivity contribution in [3.63, 3.8) is 0 Å². The fraction of sp³-hybridized carbons (Fsp3) is 0.0556. The molecule has 0 spiro atoms. The van der Waals surface area contributed by atoms with Crippen LogP contribution in [0.25, 0.3) is 0 Å². The maximum Gasteiger partial charge on any atom is 0.340 e. The number of amides is 2. The molecule has 2 aromatic rings. The first-order chi connectivity index (χ1) is 12.5. The lowest BCUT2D eigenvalue weighted by Crippen LogP contribution is -2.35. The Morgan fingerprint density at radius 3 is 2.04 bits per heavy atom. The Labute approximate surface area is 145 Å². The first-order valence-corrected chi connectivity index (χ1v) is 7.25. The van der Waals surface area contributed by atoms with Crippen molar-refractivity contribution in [3.05, 3.63) is 69.6 Å². The quantitative estimate of drug-likeness (QED) is 0.705. The first-order valence-electron chi connectivity index (χ1n) is 7.25. The number of imide groups is 1. The maximum absolute atomic E-state index is 12.3. The minimum Gasteiger partial charge on any atom is -0.479 e. The van der Waals surface area contributed by atoms with E-state index in [4.69, 9.17) is 4.84 Å². The van der Waals surface area contributed by atoms with Crippen LogP contribution in [0, 0.1) is 0 Å². The highest BCUT2D eigenvalue weighted by Gasteiger charge is 2.39. The van der Waals surface area contributed by atoms with Crippen LogP contribution >= 0.6 is 0 Å². The summed E-state index contributed by atoms with van der Waals surface area (Å²) in [6, 6.07) is 9.42. The van der Waals surface area contributed by atoms with Gasteiger partial charge in [0.15, 0.2) is 0 Å². The van der Waals surface area contributed by atoms with Crippen molar-refractivity contribution in [2.24, 2.45) is 0 Å². The van der Waals surface area contributed by atoms with Crippen LogP contribution in [0.2, 0.25) is 0 Å². The predicted octanol–water partition coefficient (Wildman–Crippen LogP) is -0.953. The molecule has 0 saturated heterocycles. The van der Waals surface area contributed by atoms with Crippen LogP contribution in [-0.4, -0.2) is 39.8 Å². The summed E-state index contributed by atoms with van der Waals surface area (Å²) >= 11 is 0. The molecule has 1 heterocycles. The second-order valence-electron chi connectivity index (χ2n) is 5.28. The number of benzene rings is 2. The van der Waals surface area contributed by atoms with Crippen molar-refractivity contribution >= 4 is 29.7 Å². The number of carboxylic acids is 1. The van der Waals surface area contributed by atoms with E-state index in [2.05, 4.69) is 0 Å². The molecule has 1 aliphatic heterocycles. The summed E-state index contributed by atoms with van der Waals surface area (Å²) in [6.07, 6.45) is -1.76. The number of hydrogen-bond donors (Lipinski definition) is 1. The smallest absolute Gasteiger partial charge is 0.340 e. The fourth-order valence-electron chi connectivity index (χ4n) is 2.52. The Bertz CT molecular complexity index is 1080. The average molecular weight is 351 g/mol. The van der Waals surface area contributed by atoms with Crippen molar-refractivity contribution in [3.8, 4) is 0 Å². The third-order valence-corrected chi connectivity index (χ3v) is 3.76. The van der Waals surface area contributed by atoms with E-state index in [1.54, 1.807) is 12.1 Å². The monoisotopic (exact) mass is 351 g/mol. The zero-order chi connectivity index (χ0) is 18.8. The zero-order valence-electron chi connectivity index (χ0n) is 13.0. The lowest BCUT2D eigenvalue weighted by molar-refractivity contribution is -0.176. The summed E-state index contributed by atoms with van der Waals surface area (Å²) in [5.41, 5.74) is 0.135. The number of fused-ring (bicyclic) bond motifs is 1. The minimum atomic E-state index is -1.76. The Balaban J connectivity index is 2.01. The molecule has 26 heavy (non-hydrogen) atoms. The van der Waals surface area contributed by atoms with Crippen LogP contribution in [0.3, 0.4) is 0 Å². The van der Waals surface area contributed by atoms with Gasteiger partial charge in [0.2, 0.25) is 6.10 Å². The van der Waals surface area contributed by atoms with Gasteiger partial charge < -0.3 is 5.11 Å². The third-order valence-electron chi connectivity index (χ3n) is 3.76. The van der Waals surface area contributed by atoms with E-state index in [-0.39, 0.29) is 27.1 Å². The van der Waals surface area contributed by atoms with Crippen molar-refractivity contribution in [1.82, 2.24) is 5.06 Å². The first kappa shape index (κ1) is 17.0. The van der Waals surface area contributed by atoms with Gasteiger partial charge in [-0.3, -0.25) is 9.59 Å². The second-order valence-corrected chi connectivity index (χ2v) is 5.28. The average Bonchev–Trinajstić information content (AvgIpc) is 2.90.